The summed E-state index contributed by atoms with van der Waals surface area (Å²) < 4.78 is 0. The number of urea groups is 1. The highest BCUT2D eigenvalue weighted by molar-refractivity contribution is 6.02. The first kappa shape index (κ1) is 12.4. The summed E-state index contributed by atoms with van der Waals surface area (Å²) in [6.07, 6.45) is 4.96. The van der Waals surface area contributed by atoms with Crippen LogP contribution in [0.2, 0.25) is 0 Å². The molecule has 3 fully saturated rings. The van der Waals surface area contributed by atoms with Crippen LogP contribution in [-0.2, 0) is 9.59 Å². The molecular formula is C13H19N3O3. The lowest BCUT2D eigenvalue weighted by Crippen LogP contribution is -2.43. The smallest absolute Gasteiger partial charge is 0.324 e. The summed E-state index contributed by atoms with van der Waals surface area (Å²) in [7, 11) is 0. The second-order valence-electron chi connectivity index (χ2n) is 5.63. The Kier molecular flexibility index (Phi) is 3.16. The maximum atomic E-state index is 12.3. The third-order valence-electron chi connectivity index (χ3n) is 4.42. The lowest BCUT2D eigenvalue weighted by Gasteiger charge is -2.23. The lowest BCUT2D eigenvalue weighted by atomic mass is 10.1. The molecule has 0 aromatic rings. The van der Waals surface area contributed by atoms with Crippen LogP contribution in [0.25, 0.3) is 0 Å². The number of amides is 4. The van der Waals surface area contributed by atoms with E-state index < -0.39 is 0 Å². The summed E-state index contributed by atoms with van der Waals surface area (Å²) in [6.45, 7) is 1.26. The van der Waals surface area contributed by atoms with Crippen molar-refractivity contribution in [1.82, 2.24) is 15.1 Å². The Hall–Kier alpha value is -1.59. The zero-order valence-electron chi connectivity index (χ0n) is 10.9. The predicted molar refractivity (Wildman–Crippen MR) is 67.2 cm³/mol. The maximum absolute atomic E-state index is 12.3. The third-order valence-corrected chi connectivity index (χ3v) is 4.42. The third kappa shape index (κ3) is 2.19. The molecule has 0 bridgehead atoms. The monoisotopic (exact) mass is 265 g/mol. The largest absolute Gasteiger partial charge is 0.340 e. The minimum absolute atomic E-state index is 0.0892. The molecular weight excluding hydrogens is 246 g/mol. The van der Waals surface area contributed by atoms with Gasteiger partial charge in [-0.15, -0.1) is 0 Å². The number of rotatable bonds is 2. The van der Waals surface area contributed by atoms with E-state index in [-0.39, 0.29) is 36.3 Å². The summed E-state index contributed by atoms with van der Waals surface area (Å²) in [4.78, 5) is 38.7. The highest BCUT2D eigenvalue weighted by Gasteiger charge is 2.40. The normalized spacial score (nSPS) is 28.3. The highest BCUT2D eigenvalue weighted by atomic mass is 16.2. The number of nitrogens with one attached hydrogen (secondary N) is 1. The van der Waals surface area contributed by atoms with Crippen LogP contribution in [0.5, 0.6) is 0 Å². The Morgan fingerprint density at radius 3 is 2.53 bits per heavy atom. The van der Waals surface area contributed by atoms with Gasteiger partial charge in [-0.3, -0.25) is 14.5 Å². The SMILES string of the molecule is O=C(C1CCCC1)N1CCC(N2C(=O)CNC2=O)C1. The number of likely N-dealkylation sites (tertiary alicyclic amines) is 1. The van der Waals surface area contributed by atoms with Crippen LogP contribution in [0.15, 0.2) is 0 Å². The number of hydrogen-bond acceptors (Lipinski definition) is 3. The predicted octanol–water partition coefficient (Wildman–Crippen LogP) is 0.329. The molecule has 0 spiro atoms. The van der Waals surface area contributed by atoms with Crippen molar-refractivity contribution in [3.63, 3.8) is 0 Å². The van der Waals surface area contributed by atoms with Gasteiger partial charge in [0.15, 0.2) is 0 Å². The second kappa shape index (κ2) is 4.83. The van der Waals surface area contributed by atoms with E-state index in [0.717, 1.165) is 25.7 Å². The molecule has 0 aromatic heterocycles. The number of hydrogen-bond donors (Lipinski definition) is 1. The topological polar surface area (TPSA) is 69.7 Å². The minimum atomic E-state index is -0.315. The Bertz CT molecular complexity index is 401. The van der Waals surface area contributed by atoms with Crippen molar-refractivity contribution >= 4 is 17.8 Å². The molecule has 0 radical (unpaired) electrons. The number of nitrogens with zero attached hydrogens (tertiary/aromatic N) is 2. The van der Waals surface area contributed by atoms with Gasteiger partial charge in [-0.1, -0.05) is 12.8 Å². The van der Waals surface area contributed by atoms with Gasteiger partial charge >= 0.3 is 6.03 Å². The minimum Gasteiger partial charge on any atom is -0.340 e. The molecule has 4 amide bonds. The van der Waals surface area contributed by atoms with Gasteiger partial charge in [0.1, 0.15) is 0 Å². The van der Waals surface area contributed by atoms with E-state index in [2.05, 4.69) is 5.32 Å². The van der Waals surface area contributed by atoms with Crippen molar-refractivity contribution in [2.75, 3.05) is 19.6 Å². The van der Waals surface area contributed by atoms with Gasteiger partial charge in [0.05, 0.1) is 12.6 Å². The van der Waals surface area contributed by atoms with Crippen molar-refractivity contribution in [1.29, 1.82) is 0 Å². The van der Waals surface area contributed by atoms with Crippen LogP contribution >= 0.6 is 0 Å². The Morgan fingerprint density at radius 1 is 1.16 bits per heavy atom. The zero-order chi connectivity index (χ0) is 13.4. The van der Waals surface area contributed by atoms with Crippen LogP contribution in [0.3, 0.4) is 0 Å². The quantitative estimate of drug-likeness (QED) is 0.731. The first-order valence-corrected chi connectivity index (χ1v) is 7.05. The van der Waals surface area contributed by atoms with Crippen LogP contribution in [-0.4, -0.2) is 53.3 Å². The molecule has 1 N–H and O–H groups in total. The van der Waals surface area contributed by atoms with E-state index in [0.29, 0.717) is 19.5 Å². The maximum Gasteiger partial charge on any atom is 0.324 e. The fourth-order valence-electron chi connectivity index (χ4n) is 3.39. The Balaban J connectivity index is 1.62. The van der Waals surface area contributed by atoms with Crippen LogP contribution in [0, 0.1) is 5.92 Å². The molecule has 1 aliphatic carbocycles. The van der Waals surface area contributed by atoms with Gasteiger partial charge in [-0.2, -0.15) is 0 Å². The van der Waals surface area contributed by atoms with Gasteiger partial charge < -0.3 is 10.2 Å². The van der Waals surface area contributed by atoms with Crippen LogP contribution < -0.4 is 5.32 Å². The molecule has 104 valence electrons. The van der Waals surface area contributed by atoms with Crippen molar-refractivity contribution in [3.05, 3.63) is 0 Å². The highest BCUT2D eigenvalue weighted by Crippen LogP contribution is 2.28. The van der Waals surface area contributed by atoms with E-state index >= 15 is 0 Å². The molecule has 1 atom stereocenters. The summed E-state index contributed by atoms with van der Waals surface area (Å²) >= 11 is 0. The van der Waals surface area contributed by atoms with Gasteiger partial charge in [-0.25, -0.2) is 4.79 Å². The molecule has 19 heavy (non-hydrogen) atoms. The first-order valence-electron chi connectivity index (χ1n) is 7.05. The van der Waals surface area contributed by atoms with Crippen LogP contribution in [0.1, 0.15) is 32.1 Å². The number of imide groups is 1. The fraction of sp³-hybridized carbons (Fsp3) is 0.769. The standard InChI is InChI=1S/C13H19N3O3/c17-11-7-14-13(19)16(11)10-5-6-15(8-10)12(18)9-3-1-2-4-9/h9-10H,1-8H2,(H,14,19). The number of carbonyl (C=O) groups is 3. The summed E-state index contributed by atoms with van der Waals surface area (Å²) in [5.41, 5.74) is 0. The molecule has 1 saturated carbocycles. The molecule has 2 aliphatic heterocycles. The van der Waals surface area contributed by atoms with Crippen LogP contribution in [0.4, 0.5) is 4.79 Å². The Labute approximate surface area is 112 Å². The average molecular weight is 265 g/mol. The summed E-state index contributed by atoms with van der Waals surface area (Å²) in [5, 5.41) is 2.53. The molecule has 2 heterocycles. The summed E-state index contributed by atoms with van der Waals surface area (Å²) in [6, 6.07) is -0.453. The molecule has 3 rings (SSSR count). The van der Waals surface area contributed by atoms with Crippen molar-refractivity contribution in [3.8, 4) is 0 Å². The van der Waals surface area contributed by atoms with E-state index in [1.54, 1.807) is 0 Å². The molecule has 0 aromatic carbocycles. The molecule has 6 nitrogen and oxygen atoms in total. The van der Waals surface area contributed by atoms with E-state index in [1.165, 1.54) is 4.90 Å². The van der Waals surface area contributed by atoms with Gasteiger partial charge in [0.2, 0.25) is 11.8 Å². The Morgan fingerprint density at radius 2 is 1.89 bits per heavy atom. The van der Waals surface area contributed by atoms with E-state index in [4.69, 9.17) is 0 Å². The van der Waals surface area contributed by atoms with Crippen molar-refractivity contribution in [2.45, 2.75) is 38.1 Å². The second-order valence-corrected chi connectivity index (χ2v) is 5.63. The fourth-order valence-corrected chi connectivity index (χ4v) is 3.39. The van der Waals surface area contributed by atoms with Gasteiger partial charge in [0, 0.05) is 19.0 Å². The molecule has 3 aliphatic rings. The first-order chi connectivity index (χ1) is 9.16. The van der Waals surface area contributed by atoms with E-state index in [1.807, 2.05) is 4.90 Å². The van der Waals surface area contributed by atoms with Gasteiger partial charge in [-0.05, 0) is 19.3 Å². The zero-order valence-corrected chi connectivity index (χ0v) is 10.9. The summed E-state index contributed by atoms with van der Waals surface area (Å²) in [5.74, 6) is 0.207. The average Bonchev–Trinajstić information content (AvgIpc) is 3.10. The number of carbonyl (C=O) groups excluding carboxylic acids is 3. The van der Waals surface area contributed by atoms with Crippen molar-refractivity contribution in [2.24, 2.45) is 5.92 Å². The van der Waals surface area contributed by atoms with Gasteiger partial charge in [0.25, 0.3) is 0 Å². The van der Waals surface area contributed by atoms with E-state index in [9.17, 15) is 14.4 Å². The molecule has 6 heteroatoms. The molecule has 1 unspecified atom stereocenters. The molecule has 2 saturated heterocycles. The lowest BCUT2D eigenvalue weighted by molar-refractivity contribution is -0.135. The van der Waals surface area contributed by atoms with Crippen molar-refractivity contribution < 1.29 is 14.4 Å².